The van der Waals surface area contributed by atoms with Crippen molar-refractivity contribution < 1.29 is 13.9 Å². The number of carbonyl (C=O) groups excluding carboxylic acids is 1. The molecule has 3 aromatic rings. The Morgan fingerprint density at radius 2 is 1.78 bits per heavy atom. The molecular formula is C32H40N2O3. The van der Waals surface area contributed by atoms with Gasteiger partial charge in [0.15, 0.2) is 0 Å². The van der Waals surface area contributed by atoms with Crippen LogP contribution in [0.4, 0.5) is 0 Å². The molecule has 5 nitrogen and oxygen atoms in total. The Morgan fingerprint density at radius 1 is 1.00 bits per heavy atom. The number of rotatable bonds is 8. The van der Waals surface area contributed by atoms with Crippen LogP contribution in [0.25, 0.3) is 0 Å². The maximum absolute atomic E-state index is 13.9. The number of benzene rings is 2. The molecule has 2 unspecified atom stereocenters. The Bertz CT molecular complexity index is 1160. The Balaban J connectivity index is 1.43. The van der Waals surface area contributed by atoms with Crippen LogP contribution in [-0.2, 0) is 6.54 Å². The quantitative estimate of drug-likeness (QED) is 0.350. The summed E-state index contributed by atoms with van der Waals surface area (Å²) in [6.07, 6.45) is 5.89. The van der Waals surface area contributed by atoms with Crippen LogP contribution in [0, 0.1) is 19.8 Å². The van der Waals surface area contributed by atoms with E-state index < -0.39 is 0 Å². The van der Waals surface area contributed by atoms with Crippen LogP contribution >= 0.6 is 0 Å². The van der Waals surface area contributed by atoms with Gasteiger partial charge in [-0.05, 0) is 74.1 Å². The molecular weight excluding hydrogens is 460 g/mol. The van der Waals surface area contributed by atoms with E-state index in [-0.39, 0.29) is 5.91 Å². The summed E-state index contributed by atoms with van der Waals surface area (Å²) in [5.41, 5.74) is 3.28. The smallest absolute Gasteiger partial charge is 0.254 e. The number of carbonyl (C=O) groups is 1. The van der Waals surface area contributed by atoms with Gasteiger partial charge in [-0.25, -0.2) is 0 Å². The molecule has 0 spiro atoms. The van der Waals surface area contributed by atoms with Gasteiger partial charge in [0.25, 0.3) is 5.91 Å². The van der Waals surface area contributed by atoms with Gasteiger partial charge in [-0.2, -0.15) is 0 Å². The molecule has 37 heavy (non-hydrogen) atoms. The van der Waals surface area contributed by atoms with E-state index in [2.05, 4.69) is 41.0 Å². The van der Waals surface area contributed by atoms with Crippen molar-refractivity contribution in [2.75, 3.05) is 26.7 Å². The van der Waals surface area contributed by atoms with E-state index in [1.165, 1.54) is 30.4 Å². The Morgan fingerprint density at radius 3 is 2.49 bits per heavy atom. The largest absolute Gasteiger partial charge is 0.497 e. The van der Waals surface area contributed by atoms with Crippen molar-refractivity contribution in [3.8, 4) is 5.75 Å². The maximum Gasteiger partial charge on any atom is 0.254 e. The lowest BCUT2D eigenvalue weighted by Crippen LogP contribution is -2.45. The molecule has 5 rings (SSSR count). The second-order valence-electron chi connectivity index (χ2n) is 10.9. The first-order chi connectivity index (χ1) is 18.0. The predicted octanol–water partition coefficient (Wildman–Crippen LogP) is 6.60. The fraction of sp³-hybridized carbons (Fsp3) is 0.469. The van der Waals surface area contributed by atoms with Gasteiger partial charge in [-0.3, -0.25) is 9.69 Å². The second-order valence-corrected chi connectivity index (χ2v) is 10.9. The summed E-state index contributed by atoms with van der Waals surface area (Å²) in [6.45, 7) is 7.57. The zero-order chi connectivity index (χ0) is 25.8. The van der Waals surface area contributed by atoms with Crippen molar-refractivity contribution in [3.63, 3.8) is 0 Å². The van der Waals surface area contributed by atoms with Gasteiger partial charge < -0.3 is 14.1 Å². The molecule has 2 aliphatic rings. The number of hydrogen-bond acceptors (Lipinski definition) is 4. The van der Waals surface area contributed by atoms with Crippen LogP contribution in [0.15, 0.2) is 65.1 Å². The lowest BCUT2D eigenvalue weighted by atomic mass is 9.86. The van der Waals surface area contributed by atoms with Crippen LogP contribution in [0.5, 0.6) is 5.75 Å². The molecule has 0 bridgehead atoms. The average molecular weight is 501 g/mol. The Hall–Kier alpha value is -3.05. The van der Waals surface area contributed by atoms with Crippen molar-refractivity contribution >= 4 is 5.91 Å². The van der Waals surface area contributed by atoms with Crippen molar-refractivity contribution in [2.45, 2.75) is 64.5 Å². The number of ether oxygens (including phenoxy) is 1. The molecule has 2 atom stereocenters. The normalized spacial score (nSPS) is 20.7. The monoisotopic (exact) mass is 500 g/mol. The molecule has 1 saturated carbocycles. The molecule has 2 aromatic carbocycles. The molecule has 1 saturated heterocycles. The molecule has 2 heterocycles. The predicted molar refractivity (Wildman–Crippen MR) is 147 cm³/mol. The summed E-state index contributed by atoms with van der Waals surface area (Å²) in [7, 11) is 1.72. The van der Waals surface area contributed by atoms with Crippen LogP contribution in [0.3, 0.4) is 0 Å². The first-order valence-electron chi connectivity index (χ1n) is 13.8. The highest BCUT2D eigenvalue weighted by Gasteiger charge is 2.38. The van der Waals surface area contributed by atoms with Crippen LogP contribution < -0.4 is 4.74 Å². The first kappa shape index (κ1) is 25.6. The Labute approximate surface area is 221 Å². The highest BCUT2D eigenvalue weighted by atomic mass is 16.5. The molecule has 196 valence electrons. The van der Waals surface area contributed by atoms with E-state index in [0.717, 1.165) is 61.9 Å². The third kappa shape index (κ3) is 5.93. The second kappa shape index (κ2) is 11.6. The molecule has 1 aliphatic carbocycles. The van der Waals surface area contributed by atoms with Crippen molar-refractivity contribution in [2.24, 2.45) is 5.92 Å². The third-order valence-corrected chi connectivity index (χ3v) is 8.36. The molecule has 0 radical (unpaired) electrons. The van der Waals surface area contributed by atoms with Crippen molar-refractivity contribution in [3.05, 3.63) is 88.9 Å². The van der Waals surface area contributed by atoms with Crippen LogP contribution in [-0.4, -0.2) is 48.5 Å². The fourth-order valence-corrected chi connectivity index (χ4v) is 6.26. The van der Waals surface area contributed by atoms with Crippen LogP contribution in [0.1, 0.15) is 71.0 Å². The number of amides is 1. The third-order valence-electron chi connectivity index (χ3n) is 8.36. The van der Waals surface area contributed by atoms with E-state index in [0.29, 0.717) is 17.9 Å². The highest BCUT2D eigenvalue weighted by molar-refractivity contribution is 5.94. The summed E-state index contributed by atoms with van der Waals surface area (Å²) >= 11 is 0. The molecule has 1 aliphatic heterocycles. The number of nitrogens with zero attached hydrogens (tertiary/aromatic N) is 2. The summed E-state index contributed by atoms with van der Waals surface area (Å²) < 4.78 is 11.6. The lowest BCUT2D eigenvalue weighted by Gasteiger charge is -2.37. The van der Waals surface area contributed by atoms with Gasteiger partial charge in [0.1, 0.15) is 17.3 Å². The number of aryl methyl sites for hydroxylation is 2. The van der Waals surface area contributed by atoms with Gasteiger partial charge in [0.2, 0.25) is 0 Å². The zero-order valence-electron chi connectivity index (χ0n) is 22.5. The molecule has 5 heteroatoms. The first-order valence-corrected chi connectivity index (χ1v) is 13.8. The van der Waals surface area contributed by atoms with E-state index >= 15 is 0 Å². The van der Waals surface area contributed by atoms with Gasteiger partial charge in [0, 0.05) is 37.2 Å². The zero-order valence-corrected chi connectivity index (χ0v) is 22.5. The van der Waals surface area contributed by atoms with E-state index in [4.69, 9.17) is 9.15 Å². The van der Waals surface area contributed by atoms with E-state index in [1.54, 1.807) is 7.11 Å². The SMILES string of the molecule is COc1cccc(C2CN(Cc3cc(C)c(C)o3)CC2CN(C(=O)c2ccccc2)C2CCCCC2)c1. The van der Waals surface area contributed by atoms with Gasteiger partial charge in [0.05, 0.1) is 13.7 Å². The minimum atomic E-state index is 0.174. The average Bonchev–Trinajstić information content (AvgIpc) is 3.48. The number of methoxy groups -OCH3 is 1. The Kier molecular flexibility index (Phi) is 7.99. The topological polar surface area (TPSA) is 45.9 Å². The number of furan rings is 1. The van der Waals surface area contributed by atoms with E-state index in [1.807, 2.05) is 43.3 Å². The molecule has 1 amide bonds. The van der Waals surface area contributed by atoms with Crippen molar-refractivity contribution in [1.82, 2.24) is 9.80 Å². The molecule has 1 aromatic heterocycles. The minimum Gasteiger partial charge on any atom is -0.497 e. The number of likely N-dealkylation sites (tertiary alicyclic amines) is 1. The summed E-state index contributed by atoms with van der Waals surface area (Å²) in [6, 6.07) is 20.8. The highest BCUT2D eigenvalue weighted by Crippen LogP contribution is 2.37. The fourth-order valence-electron chi connectivity index (χ4n) is 6.26. The standard InChI is InChI=1S/C32H40N2O3/c1-23-17-30(37-24(23)2)21-33-19-27(31(22-33)26-13-10-16-29(18-26)36-3)20-34(28-14-8-5-9-15-28)32(35)25-11-6-4-7-12-25/h4,6-7,10-13,16-18,27-28,31H,5,8-9,14-15,19-22H2,1-3H3. The van der Waals surface area contributed by atoms with Gasteiger partial charge in [-0.1, -0.05) is 49.6 Å². The molecule has 0 N–H and O–H groups in total. The van der Waals surface area contributed by atoms with Gasteiger partial charge in [-0.15, -0.1) is 0 Å². The molecule has 2 fully saturated rings. The van der Waals surface area contributed by atoms with E-state index in [9.17, 15) is 4.79 Å². The maximum atomic E-state index is 13.9. The summed E-state index contributed by atoms with van der Waals surface area (Å²) in [5, 5.41) is 0. The number of hydrogen-bond donors (Lipinski definition) is 0. The minimum absolute atomic E-state index is 0.174. The van der Waals surface area contributed by atoms with Crippen molar-refractivity contribution in [1.29, 1.82) is 0 Å². The summed E-state index contributed by atoms with van der Waals surface area (Å²) in [4.78, 5) is 18.6. The lowest BCUT2D eigenvalue weighted by molar-refractivity contribution is 0.0587. The van der Waals surface area contributed by atoms with Gasteiger partial charge >= 0.3 is 0 Å². The summed E-state index contributed by atoms with van der Waals surface area (Å²) in [5.74, 6) is 3.72. The van der Waals surface area contributed by atoms with Crippen LogP contribution in [0.2, 0.25) is 0 Å².